The number of aryl methyl sites for hydroxylation is 1. The molecule has 0 bridgehead atoms. The zero-order valence-corrected chi connectivity index (χ0v) is 20.0. The second-order valence-electron chi connectivity index (χ2n) is 8.48. The van der Waals surface area contributed by atoms with E-state index in [2.05, 4.69) is 15.2 Å². The van der Waals surface area contributed by atoms with Gasteiger partial charge in [0.25, 0.3) is 5.91 Å². The molecule has 0 spiro atoms. The summed E-state index contributed by atoms with van der Waals surface area (Å²) in [5.74, 6) is 1.38. The van der Waals surface area contributed by atoms with Crippen molar-refractivity contribution in [2.24, 2.45) is 0 Å². The molecule has 0 aliphatic carbocycles. The average Bonchev–Trinajstić information content (AvgIpc) is 3.25. The molecule has 7 heteroatoms. The van der Waals surface area contributed by atoms with Crippen molar-refractivity contribution >= 4 is 11.6 Å². The van der Waals surface area contributed by atoms with Crippen LogP contribution in [-0.2, 0) is 6.61 Å². The smallest absolute Gasteiger partial charge is 0.251 e. The highest BCUT2D eigenvalue weighted by atomic mass is 16.5. The monoisotopic (exact) mass is 458 g/mol. The van der Waals surface area contributed by atoms with E-state index in [0.717, 1.165) is 22.7 Å². The zero-order chi connectivity index (χ0) is 24.1. The van der Waals surface area contributed by atoms with E-state index in [1.54, 1.807) is 19.2 Å². The van der Waals surface area contributed by atoms with Crippen LogP contribution in [0, 0.1) is 6.92 Å². The normalized spacial score (nSPS) is 12.0. The maximum Gasteiger partial charge on any atom is 0.251 e. The van der Waals surface area contributed by atoms with Gasteiger partial charge in [-0.25, -0.2) is 4.98 Å². The molecule has 4 rings (SSSR count). The van der Waals surface area contributed by atoms with Crippen LogP contribution in [0.3, 0.4) is 0 Å². The summed E-state index contributed by atoms with van der Waals surface area (Å²) in [6.07, 6.45) is 4.00. The summed E-state index contributed by atoms with van der Waals surface area (Å²) in [7, 11) is 5.64. The SMILES string of the molecule is COc1ccc(C(CNC(=O)c2ccc(OCc3cn4cc(C)ccc4n3)cc2)N(C)C)cc1. The van der Waals surface area contributed by atoms with Crippen LogP contribution in [-0.4, -0.2) is 47.9 Å². The lowest BCUT2D eigenvalue weighted by Crippen LogP contribution is -2.34. The first kappa shape index (κ1) is 23.3. The fourth-order valence-electron chi connectivity index (χ4n) is 3.80. The number of hydrogen-bond acceptors (Lipinski definition) is 5. The third-order valence-electron chi connectivity index (χ3n) is 5.73. The van der Waals surface area contributed by atoms with Gasteiger partial charge in [0, 0.05) is 24.5 Å². The number of methoxy groups -OCH3 is 1. The first-order valence-electron chi connectivity index (χ1n) is 11.2. The lowest BCUT2D eigenvalue weighted by Gasteiger charge is -2.25. The Morgan fingerprint density at radius 2 is 1.71 bits per heavy atom. The van der Waals surface area contributed by atoms with Crippen molar-refractivity contribution in [1.29, 1.82) is 0 Å². The lowest BCUT2D eigenvalue weighted by atomic mass is 10.1. The number of fused-ring (bicyclic) bond motifs is 1. The summed E-state index contributed by atoms with van der Waals surface area (Å²) < 4.78 is 13.1. The molecule has 1 atom stereocenters. The van der Waals surface area contributed by atoms with Crippen molar-refractivity contribution in [2.75, 3.05) is 27.7 Å². The molecule has 0 saturated heterocycles. The van der Waals surface area contributed by atoms with Crippen molar-refractivity contribution in [3.63, 3.8) is 0 Å². The summed E-state index contributed by atoms with van der Waals surface area (Å²) in [4.78, 5) is 19.4. The first-order chi connectivity index (χ1) is 16.4. The minimum absolute atomic E-state index is 0.0479. The minimum atomic E-state index is -0.123. The van der Waals surface area contributed by atoms with E-state index < -0.39 is 0 Å². The largest absolute Gasteiger partial charge is 0.497 e. The Hall–Kier alpha value is -3.84. The average molecular weight is 459 g/mol. The number of benzene rings is 2. The van der Waals surface area contributed by atoms with Gasteiger partial charge >= 0.3 is 0 Å². The number of amides is 1. The highest BCUT2D eigenvalue weighted by Gasteiger charge is 2.16. The molecule has 7 nitrogen and oxygen atoms in total. The van der Waals surface area contributed by atoms with E-state index in [1.807, 2.05) is 86.3 Å². The molecule has 0 saturated carbocycles. The molecular weight excluding hydrogens is 428 g/mol. The van der Waals surface area contributed by atoms with Crippen LogP contribution < -0.4 is 14.8 Å². The number of hydrogen-bond donors (Lipinski definition) is 1. The quantitative estimate of drug-likeness (QED) is 0.406. The summed E-state index contributed by atoms with van der Waals surface area (Å²) in [5.41, 5.74) is 4.61. The minimum Gasteiger partial charge on any atom is -0.497 e. The number of imidazole rings is 1. The Morgan fingerprint density at radius 1 is 1.00 bits per heavy atom. The van der Waals surface area contributed by atoms with Gasteiger partial charge in [-0.3, -0.25) is 4.79 Å². The zero-order valence-electron chi connectivity index (χ0n) is 20.0. The van der Waals surface area contributed by atoms with Gasteiger partial charge < -0.3 is 24.1 Å². The molecule has 0 aliphatic heterocycles. The van der Waals surface area contributed by atoms with Crippen molar-refractivity contribution < 1.29 is 14.3 Å². The van der Waals surface area contributed by atoms with E-state index in [0.29, 0.717) is 24.5 Å². The van der Waals surface area contributed by atoms with E-state index in [9.17, 15) is 4.79 Å². The molecule has 0 aliphatic rings. The topological polar surface area (TPSA) is 68.1 Å². The van der Waals surface area contributed by atoms with Crippen LogP contribution >= 0.6 is 0 Å². The molecule has 1 unspecified atom stereocenters. The van der Waals surface area contributed by atoms with Gasteiger partial charge in [-0.1, -0.05) is 18.2 Å². The number of ether oxygens (including phenoxy) is 2. The Kier molecular flexibility index (Phi) is 7.13. The maximum absolute atomic E-state index is 12.7. The molecule has 0 fully saturated rings. The Labute approximate surface area is 200 Å². The first-order valence-corrected chi connectivity index (χ1v) is 11.2. The summed E-state index contributed by atoms with van der Waals surface area (Å²) in [6, 6.07) is 19.1. The van der Waals surface area contributed by atoms with Crippen molar-refractivity contribution in [2.45, 2.75) is 19.6 Å². The van der Waals surface area contributed by atoms with Crippen LogP contribution in [0.15, 0.2) is 73.1 Å². The molecule has 0 radical (unpaired) electrons. The Morgan fingerprint density at radius 3 is 2.38 bits per heavy atom. The molecule has 2 aromatic carbocycles. The molecule has 2 heterocycles. The number of likely N-dealkylation sites (N-methyl/N-ethyl adjacent to an activating group) is 1. The molecule has 4 aromatic rings. The standard InChI is InChI=1S/C27H30N4O3/c1-19-5-14-26-29-22(17-31(26)16-19)18-34-24-12-8-21(9-13-24)27(32)28-15-25(30(2)3)20-6-10-23(33-4)11-7-20/h5-14,16-17,25H,15,18H2,1-4H3,(H,28,32). The van der Waals surface area contributed by atoms with E-state index in [4.69, 9.17) is 9.47 Å². The Balaban J connectivity index is 1.33. The van der Waals surface area contributed by atoms with Crippen LogP contribution in [0.4, 0.5) is 0 Å². The van der Waals surface area contributed by atoms with Crippen LogP contribution in [0.25, 0.3) is 5.65 Å². The predicted molar refractivity (Wildman–Crippen MR) is 132 cm³/mol. The lowest BCUT2D eigenvalue weighted by molar-refractivity contribution is 0.0942. The number of nitrogens with one attached hydrogen (secondary N) is 1. The van der Waals surface area contributed by atoms with E-state index in [-0.39, 0.29) is 11.9 Å². The van der Waals surface area contributed by atoms with Gasteiger partial charge in [0.05, 0.1) is 18.8 Å². The number of pyridine rings is 1. The third-order valence-corrected chi connectivity index (χ3v) is 5.73. The number of carbonyl (C=O) groups excluding carboxylic acids is 1. The second-order valence-corrected chi connectivity index (χ2v) is 8.48. The van der Waals surface area contributed by atoms with Gasteiger partial charge in [0.2, 0.25) is 0 Å². The van der Waals surface area contributed by atoms with Crippen LogP contribution in [0.1, 0.15) is 33.2 Å². The molecule has 176 valence electrons. The van der Waals surface area contributed by atoms with Crippen molar-refractivity contribution in [3.05, 3.63) is 95.4 Å². The predicted octanol–water partition coefficient (Wildman–Crippen LogP) is 4.26. The number of nitrogens with zero attached hydrogens (tertiary/aromatic N) is 3. The molecule has 1 N–H and O–H groups in total. The fraction of sp³-hybridized carbons (Fsp3) is 0.259. The summed E-state index contributed by atoms with van der Waals surface area (Å²) >= 11 is 0. The molecular formula is C27H30N4O3. The summed E-state index contributed by atoms with van der Waals surface area (Å²) in [6.45, 7) is 2.90. The van der Waals surface area contributed by atoms with Crippen LogP contribution in [0.2, 0.25) is 0 Å². The number of aromatic nitrogens is 2. The van der Waals surface area contributed by atoms with Crippen molar-refractivity contribution in [1.82, 2.24) is 19.6 Å². The molecule has 1 amide bonds. The van der Waals surface area contributed by atoms with E-state index in [1.165, 1.54) is 5.56 Å². The number of carbonyl (C=O) groups is 1. The highest BCUT2D eigenvalue weighted by molar-refractivity contribution is 5.94. The summed E-state index contributed by atoms with van der Waals surface area (Å²) in [5, 5.41) is 3.04. The molecule has 34 heavy (non-hydrogen) atoms. The van der Waals surface area contributed by atoms with Crippen molar-refractivity contribution in [3.8, 4) is 11.5 Å². The fourth-order valence-corrected chi connectivity index (χ4v) is 3.80. The second kappa shape index (κ2) is 10.4. The van der Waals surface area contributed by atoms with Gasteiger partial charge in [0.15, 0.2) is 0 Å². The maximum atomic E-state index is 12.7. The highest BCUT2D eigenvalue weighted by Crippen LogP contribution is 2.21. The third kappa shape index (κ3) is 5.55. The van der Waals surface area contributed by atoms with Gasteiger partial charge in [-0.2, -0.15) is 0 Å². The molecule has 2 aromatic heterocycles. The van der Waals surface area contributed by atoms with Crippen LogP contribution in [0.5, 0.6) is 11.5 Å². The van der Waals surface area contributed by atoms with Gasteiger partial charge in [-0.05, 0) is 74.6 Å². The van der Waals surface area contributed by atoms with Gasteiger partial charge in [0.1, 0.15) is 23.8 Å². The van der Waals surface area contributed by atoms with E-state index >= 15 is 0 Å². The number of rotatable bonds is 9. The van der Waals surface area contributed by atoms with Gasteiger partial charge in [-0.15, -0.1) is 0 Å². The Bertz CT molecular complexity index is 1250.